The van der Waals surface area contributed by atoms with Gasteiger partial charge in [-0.2, -0.15) is 10.1 Å². The predicted molar refractivity (Wildman–Crippen MR) is 87.0 cm³/mol. The van der Waals surface area contributed by atoms with Crippen molar-refractivity contribution in [3.63, 3.8) is 0 Å². The predicted octanol–water partition coefficient (Wildman–Crippen LogP) is 3.83. The van der Waals surface area contributed by atoms with E-state index in [2.05, 4.69) is 64.8 Å². The van der Waals surface area contributed by atoms with Gasteiger partial charge in [-0.1, -0.05) is 38.0 Å². The van der Waals surface area contributed by atoms with E-state index in [0.717, 1.165) is 18.7 Å². The molecule has 1 aromatic carbocycles. The Balaban J connectivity index is 2.04. The minimum absolute atomic E-state index is 0.572. The van der Waals surface area contributed by atoms with Gasteiger partial charge in [-0.25, -0.2) is 0 Å². The number of benzene rings is 1. The van der Waals surface area contributed by atoms with Crippen LogP contribution in [-0.2, 0) is 0 Å². The molecule has 0 aliphatic rings. The van der Waals surface area contributed by atoms with Crippen molar-refractivity contribution in [2.24, 2.45) is 0 Å². The number of rotatable bonds is 7. The summed E-state index contributed by atoms with van der Waals surface area (Å²) in [5.41, 5.74) is 3.45. The monoisotopic (exact) mass is 285 g/mol. The summed E-state index contributed by atoms with van der Waals surface area (Å²) in [5.74, 6) is 1.28. The standard InChI is InChI=1S/C16H23N5/c1-4-5-6-10-17-16-20-14(11-18-21-16)19-15-12(2)8-7-9-13(15)3/h7-9,11H,4-6,10H2,1-3H3,(H2,17,19,20,21). The van der Waals surface area contributed by atoms with Gasteiger partial charge in [-0.3, -0.25) is 0 Å². The van der Waals surface area contributed by atoms with Gasteiger partial charge in [0.25, 0.3) is 0 Å². The lowest BCUT2D eigenvalue weighted by atomic mass is 10.1. The number of aromatic nitrogens is 3. The third kappa shape index (κ3) is 4.41. The van der Waals surface area contributed by atoms with E-state index >= 15 is 0 Å². The highest BCUT2D eigenvalue weighted by molar-refractivity contribution is 5.64. The molecule has 0 atom stereocenters. The van der Waals surface area contributed by atoms with Crippen LogP contribution in [0.25, 0.3) is 0 Å². The zero-order valence-corrected chi connectivity index (χ0v) is 13.0. The summed E-state index contributed by atoms with van der Waals surface area (Å²) in [7, 11) is 0. The molecule has 0 saturated heterocycles. The first-order valence-corrected chi connectivity index (χ1v) is 7.47. The number of hydrogen-bond acceptors (Lipinski definition) is 5. The summed E-state index contributed by atoms with van der Waals surface area (Å²) in [6, 6.07) is 6.20. The van der Waals surface area contributed by atoms with E-state index in [0.29, 0.717) is 11.8 Å². The molecule has 0 saturated carbocycles. The fourth-order valence-electron chi connectivity index (χ4n) is 2.15. The van der Waals surface area contributed by atoms with Crippen LogP contribution < -0.4 is 10.6 Å². The van der Waals surface area contributed by atoms with Gasteiger partial charge in [-0.15, -0.1) is 5.10 Å². The highest BCUT2D eigenvalue weighted by Crippen LogP contribution is 2.23. The average molecular weight is 285 g/mol. The topological polar surface area (TPSA) is 62.7 Å². The van der Waals surface area contributed by atoms with Crippen LogP contribution in [0.4, 0.5) is 17.5 Å². The zero-order chi connectivity index (χ0) is 15.1. The molecular formula is C16H23N5. The lowest BCUT2D eigenvalue weighted by Gasteiger charge is -2.12. The molecule has 0 fully saturated rings. The quantitative estimate of drug-likeness (QED) is 0.757. The van der Waals surface area contributed by atoms with Gasteiger partial charge in [0.2, 0.25) is 5.95 Å². The Morgan fingerprint density at radius 3 is 2.57 bits per heavy atom. The molecule has 2 aromatic rings. The maximum atomic E-state index is 4.45. The molecule has 112 valence electrons. The maximum Gasteiger partial charge on any atom is 0.244 e. The summed E-state index contributed by atoms with van der Waals surface area (Å²) < 4.78 is 0. The Labute approximate surface area is 126 Å². The molecule has 1 aromatic heterocycles. The van der Waals surface area contributed by atoms with Gasteiger partial charge in [-0.05, 0) is 31.4 Å². The number of aryl methyl sites for hydroxylation is 2. The van der Waals surface area contributed by atoms with Gasteiger partial charge in [0.05, 0.1) is 6.20 Å². The molecule has 0 amide bonds. The molecular weight excluding hydrogens is 262 g/mol. The third-order valence-electron chi connectivity index (χ3n) is 3.36. The molecule has 2 rings (SSSR count). The van der Waals surface area contributed by atoms with Crippen molar-refractivity contribution in [3.8, 4) is 0 Å². The van der Waals surface area contributed by atoms with Crippen LogP contribution >= 0.6 is 0 Å². The Morgan fingerprint density at radius 1 is 1.10 bits per heavy atom. The molecule has 0 aliphatic carbocycles. The van der Waals surface area contributed by atoms with Crippen molar-refractivity contribution >= 4 is 17.5 Å². The molecule has 0 bridgehead atoms. The number of nitrogens with one attached hydrogen (secondary N) is 2. The summed E-state index contributed by atoms with van der Waals surface area (Å²) in [6.45, 7) is 7.22. The molecule has 0 unspecified atom stereocenters. The molecule has 0 radical (unpaired) electrons. The molecule has 1 heterocycles. The van der Waals surface area contributed by atoms with Gasteiger partial charge in [0.15, 0.2) is 5.82 Å². The van der Waals surface area contributed by atoms with Crippen molar-refractivity contribution in [1.82, 2.24) is 15.2 Å². The molecule has 0 aliphatic heterocycles. The Kier molecular flexibility index (Phi) is 5.49. The van der Waals surface area contributed by atoms with Crippen molar-refractivity contribution in [3.05, 3.63) is 35.5 Å². The minimum atomic E-state index is 0.572. The first kappa shape index (κ1) is 15.2. The van der Waals surface area contributed by atoms with E-state index in [1.807, 2.05) is 0 Å². The van der Waals surface area contributed by atoms with Crippen LogP contribution in [0.5, 0.6) is 0 Å². The van der Waals surface area contributed by atoms with Gasteiger partial charge in [0.1, 0.15) is 0 Å². The molecule has 2 N–H and O–H groups in total. The van der Waals surface area contributed by atoms with Gasteiger partial charge < -0.3 is 10.6 Å². The molecule has 0 spiro atoms. The minimum Gasteiger partial charge on any atom is -0.353 e. The lowest BCUT2D eigenvalue weighted by Crippen LogP contribution is -2.08. The number of hydrogen-bond donors (Lipinski definition) is 2. The highest BCUT2D eigenvalue weighted by Gasteiger charge is 2.05. The number of para-hydroxylation sites is 1. The maximum absolute atomic E-state index is 4.45. The fourth-order valence-corrected chi connectivity index (χ4v) is 2.15. The first-order valence-electron chi connectivity index (χ1n) is 7.47. The lowest BCUT2D eigenvalue weighted by molar-refractivity contribution is 0.738. The number of unbranched alkanes of at least 4 members (excludes halogenated alkanes) is 2. The average Bonchev–Trinajstić information content (AvgIpc) is 2.48. The smallest absolute Gasteiger partial charge is 0.244 e. The normalized spacial score (nSPS) is 10.4. The Hall–Kier alpha value is -2.17. The zero-order valence-electron chi connectivity index (χ0n) is 13.0. The van der Waals surface area contributed by atoms with Crippen LogP contribution in [0.15, 0.2) is 24.4 Å². The third-order valence-corrected chi connectivity index (χ3v) is 3.36. The van der Waals surface area contributed by atoms with Crippen LogP contribution in [0.3, 0.4) is 0 Å². The van der Waals surface area contributed by atoms with Gasteiger partial charge >= 0.3 is 0 Å². The fraction of sp³-hybridized carbons (Fsp3) is 0.438. The van der Waals surface area contributed by atoms with E-state index in [-0.39, 0.29) is 0 Å². The number of anilines is 3. The summed E-state index contributed by atoms with van der Waals surface area (Å²) in [6.07, 6.45) is 5.17. The molecule has 21 heavy (non-hydrogen) atoms. The Bertz CT molecular complexity index is 562. The van der Waals surface area contributed by atoms with Crippen LogP contribution in [0.1, 0.15) is 37.3 Å². The summed E-state index contributed by atoms with van der Waals surface area (Å²) >= 11 is 0. The van der Waals surface area contributed by atoms with Crippen molar-refractivity contribution in [2.45, 2.75) is 40.0 Å². The van der Waals surface area contributed by atoms with Crippen molar-refractivity contribution in [1.29, 1.82) is 0 Å². The Morgan fingerprint density at radius 2 is 1.86 bits per heavy atom. The van der Waals surface area contributed by atoms with E-state index in [4.69, 9.17) is 0 Å². The van der Waals surface area contributed by atoms with E-state index in [1.165, 1.54) is 24.0 Å². The van der Waals surface area contributed by atoms with Gasteiger partial charge in [0, 0.05) is 12.2 Å². The van der Waals surface area contributed by atoms with Crippen LogP contribution in [0.2, 0.25) is 0 Å². The SMILES string of the molecule is CCCCCNc1nncc(Nc2c(C)cccc2C)n1. The van der Waals surface area contributed by atoms with E-state index < -0.39 is 0 Å². The largest absolute Gasteiger partial charge is 0.353 e. The summed E-state index contributed by atoms with van der Waals surface area (Å²) in [5, 5.41) is 14.6. The highest BCUT2D eigenvalue weighted by atomic mass is 15.3. The van der Waals surface area contributed by atoms with Crippen LogP contribution in [-0.4, -0.2) is 21.7 Å². The van der Waals surface area contributed by atoms with E-state index in [9.17, 15) is 0 Å². The second-order valence-electron chi connectivity index (χ2n) is 5.19. The second-order valence-corrected chi connectivity index (χ2v) is 5.19. The van der Waals surface area contributed by atoms with E-state index in [1.54, 1.807) is 6.20 Å². The van der Waals surface area contributed by atoms with Crippen LogP contribution in [0, 0.1) is 13.8 Å². The van der Waals surface area contributed by atoms with Crippen molar-refractivity contribution < 1.29 is 0 Å². The second kappa shape index (κ2) is 7.57. The first-order chi connectivity index (χ1) is 10.2. The summed E-state index contributed by atoms with van der Waals surface area (Å²) in [4.78, 5) is 4.45. The van der Waals surface area contributed by atoms with Crippen molar-refractivity contribution in [2.75, 3.05) is 17.2 Å². The number of nitrogens with zero attached hydrogens (tertiary/aromatic N) is 3. The molecule has 5 nitrogen and oxygen atoms in total. The molecule has 5 heteroatoms.